The Morgan fingerprint density at radius 3 is 0.778 bits per heavy atom. The molecule has 0 aliphatic carbocycles. The quantitative estimate of drug-likeness (QED) is 0.0261. The largest absolute Gasteiger partial charge is 0.462 e. The molecule has 0 N–H and O–H groups in total. The zero-order chi connectivity index (χ0) is 58.5. The highest BCUT2D eigenvalue weighted by Gasteiger charge is 2.19. The van der Waals surface area contributed by atoms with E-state index in [0.717, 1.165) is 103 Å². The van der Waals surface area contributed by atoms with Crippen molar-refractivity contribution in [1.82, 2.24) is 0 Å². The fraction of sp³-hybridized carbons (Fsp3) is 0.800. The molecule has 0 amide bonds. The Bertz CT molecular complexity index is 1490. The minimum absolute atomic E-state index is 0.0778. The van der Waals surface area contributed by atoms with Crippen molar-refractivity contribution in [3.05, 3.63) is 72.9 Å². The van der Waals surface area contributed by atoms with Gasteiger partial charge in [-0.3, -0.25) is 14.4 Å². The van der Waals surface area contributed by atoms with Crippen molar-refractivity contribution in [2.75, 3.05) is 13.2 Å². The van der Waals surface area contributed by atoms with Crippen LogP contribution in [0.15, 0.2) is 72.9 Å². The Morgan fingerprint density at radius 1 is 0.259 bits per heavy atom. The average molecular weight is 1130 g/mol. The van der Waals surface area contributed by atoms with Gasteiger partial charge in [0.1, 0.15) is 13.2 Å². The third-order valence-corrected chi connectivity index (χ3v) is 15.7. The summed E-state index contributed by atoms with van der Waals surface area (Å²) in [6.45, 7) is 6.55. The van der Waals surface area contributed by atoms with Crippen molar-refractivity contribution < 1.29 is 28.6 Å². The van der Waals surface area contributed by atoms with Gasteiger partial charge in [-0.1, -0.05) is 331 Å². The highest BCUT2D eigenvalue weighted by atomic mass is 16.6. The van der Waals surface area contributed by atoms with Crippen LogP contribution < -0.4 is 0 Å². The van der Waals surface area contributed by atoms with E-state index >= 15 is 0 Å². The van der Waals surface area contributed by atoms with Crippen LogP contribution in [-0.4, -0.2) is 37.2 Å². The molecular formula is C75H134O6. The first-order valence-electron chi connectivity index (χ1n) is 35.4. The fourth-order valence-corrected chi connectivity index (χ4v) is 10.4. The second-order valence-corrected chi connectivity index (χ2v) is 23.8. The van der Waals surface area contributed by atoms with Gasteiger partial charge in [0.2, 0.25) is 0 Å². The summed E-state index contributed by atoms with van der Waals surface area (Å²) < 4.78 is 17.0. The van der Waals surface area contributed by atoms with Crippen LogP contribution in [0, 0.1) is 0 Å². The second-order valence-electron chi connectivity index (χ2n) is 23.8. The smallest absolute Gasteiger partial charge is 0.306 e. The van der Waals surface area contributed by atoms with E-state index in [-0.39, 0.29) is 31.1 Å². The Balaban J connectivity index is 4.32. The number of hydrogen-bond acceptors (Lipinski definition) is 6. The second kappa shape index (κ2) is 69.3. The molecule has 0 rings (SSSR count). The van der Waals surface area contributed by atoms with E-state index in [1.54, 1.807) is 0 Å². The van der Waals surface area contributed by atoms with Gasteiger partial charge in [-0.05, 0) is 89.9 Å². The minimum Gasteiger partial charge on any atom is -0.462 e. The lowest BCUT2D eigenvalue weighted by molar-refractivity contribution is -0.167. The van der Waals surface area contributed by atoms with Crippen molar-refractivity contribution in [3.63, 3.8) is 0 Å². The lowest BCUT2D eigenvalue weighted by atomic mass is 10.0. The molecule has 0 aromatic carbocycles. The lowest BCUT2D eigenvalue weighted by Gasteiger charge is -2.18. The van der Waals surface area contributed by atoms with Gasteiger partial charge in [-0.25, -0.2) is 0 Å². The molecule has 0 radical (unpaired) electrons. The van der Waals surface area contributed by atoms with Crippen LogP contribution in [0.5, 0.6) is 0 Å². The van der Waals surface area contributed by atoms with E-state index in [9.17, 15) is 14.4 Å². The van der Waals surface area contributed by atoms with Gasteiger partial charge >= 0.3 is 17.9 Å². The maximum Gasteiger partial charge on any atom is 0.306 e. The van der Waals surface area contributed by atoms with Crippen molar-refractivity contribution in [2.45, 2.75) is 374 Å². The van der Waals surface area contributed by atoms with Crippen molar-refractivity contribution >= 4 is 17.9 Å². The number of rotatable bonds is 65. The van der Waals surface area contributed by atoms with Gasteiger partial charge in [0.05, 0.1) is 0 Å². The molecule has 1 unspecified atom stereocenters. The first-order valence-corrected chi connectivity index (χ1v) is 35.4. The van der Waals surface area contributed by atoms with E-state index in [4.69, 9.17) is 14.2 Å². The molecule has 0 saturated carbocycles. The van der Waals surface area contributed by atoms with Crippen LogP contribution >= 0.6 is 0 Å². The van der Waals surface area contributed by atoms with E-state index in [1.807, 2.05) is 0 Å². The van der Waals surface area contributed by atoms with E-state index in [2.05, 4.69) is 93.7 Å². The normalized spacial score (nSPS) is 12.5. The summed E-state index contributed by atoms with van der Waals surface area (Å²) in [6, 6.07) is 0. The molecule has 0 aliphatic heterocycles. The van der Waals surface area contributed by atoms with Gasteiger partial charge in [0, 0.05) is 19.3 Å². The number of carbonyl (C=O) groups excluding carboxylic acids is 3. The molecule has 6 nitrogen and oxygen atoms in total. The fourth-order valence-electron chi connectivity index (χ4n) is 10.4. The Morgan fingerprint density at radius 2 is 0.481 bits per heavy atom. The zero-order valence-corrected chi connectivity index (χ0v) is 54.1. The maximum absolute atomic E-state index is 13.0. The summed E-state index contributed by atoms with van der Waals surface area (Å²) in [5.74, 6) is -0.872. The van der Waals surface area contributed by atoms with Crippen LogP contribution in [0.4, 0.5) is 0 Å². The van der Waals surface area contributed by atoms with Gasteiger partial charge in [0.15, 0.2) is 6.10 Å². The van der Waals surface area contributed by atoms with Crippen molar-refractivity contribution in [3.8, 4) is 0 Å². The predicted molar refractivity (Wildman–Crippen MR) is 353 cm³/mol. The van der Waals surface area contributed by atoms with Gasteiger partial charge in [-0.15, -0.1) is 0 Å². The number of allylic oxidation sites excluding steroid dienone is 12. The number of unbranched alkanes of at least 4 members (excludes halogenated alkanes) is 42. The number of carbonyl (C=O) groups is 3. The first-order chi connectivity index (χ1) is 40.0. The molecule has 0 spiro atoms. The maximum atomic E-state index is 13.0. The lowest BCUT2D eigenvalue weighted by Crippen LogP contribution is -2.30. The molecule has 0 saturated heterocycles. The van der Waals surface area contributed by atoms with Crippen molar-refractivity contribution in [2.24, 2.45) is 0 Å². The summed E-state index contributed by atoms with van der Waals surface area (Å²) in [4.78, 5) is 38.5. The molecule has 0 aromatic heterocycles. The molecule has 0 fully saturated rings. The average Bonchev–Trinajstić information content (AvgIpc) is 3.47. The number of esters is 3. The minimum atomic E-state index is -0.784. The summed E-state index contributed by atoms with van der Waals surface area (Å²) in [5, 5.41) is 0. The zero-order valence-electron chi connectivity index (χ0n) is 54.1. The van der Waals surface area contributed by atoms with Crippen LogP contribution in [-0.2, 0) is 28.6 Å². The van der Waals surface area contributed by atoms with E-state index in [1.165, 1.54) is 225 Å². The van der Waals surface area contributed by atoms with Gasteiger partial charge < -0.3 is 14.2 Å². The molecule has 0 heterocycles. The number of hydrogen-bond donors (Lipinski definition) is 0. The number of ether oxygens (including phenoxy) is 3. The summed E-state index contributed by atoms with van der Waals surface area (Å²) in [6.07, 6.45) is 90.7. The summed E-state index contributed by atoms with van der Waals surface area (Å²) >= 11 is 0. The molecule has 6 heteroatoms. The SMILES string of the molecule is CC/C=C\C/C=C\C/C=C\C/C=C\CCCCCCCCCCC(=O)OC(COC(=O)CCCCCCCCC/C=C\C/C=C\CCCCC)COC(=O)CCCCCCCCCCCCCCCCCCCCCCCCCCC. The Labute approximate surface area is 503 Å². The van der Waals surface area contributed by atoms with Crippen LogP contribution in [0.2, 0.25) is 0 Å². The topological polar surface area (TPSA) is 78.9 Å². The highest BCUT2D eigenvalue weighted by Crippen LogP contribution is 2.18. The predicted octanol–water partition coefficient (Wildman–Crippen LogP) is 24.4. The first kappa shape index (κ1) is 77.9. The summed E-state index contributed by atoms with van der Waals surface area (Å²) in [7, 11) is 0. The molecule has 0 aromatic rings. The molecule has 0 aliphatic rings. The monoisotopic (exact) mass is 1130 g/mol. The van der Waals surface area contributed by atoms with Crippen LogP contribution in [0.25, 0.3) is 0 Å². The van der Waals surface area contributed by atoms with Gasteiger partial charge in [0.25, 0.3) is 0 Å². The molecule has 1 atom stereocenters. The van der Waals surface area contributed by atoms with Gasteiger partial charge in [-0.2, -0.15) is 0 Å². The molecule has 0 bridgehead atoms. The van der Waals surface area contributed by atoms with E-state index in [0.29, 0.717) is 19.3 Å². The van der Waals surface area contributed by atoms with E-state index < -0.39 is 6.10 Å². The Kier molecular flexibility index (Phi) is 66.6. The third-order valence-electron chi connectivity index (χ3n) is 15.7. The Hall–Kier alpha value is -3.15. The highest BCUT2D eigenvalue weighted by molar-refractivity contribution is 5.71. The van der Waals surface area contributed by atoms with Crippen molar-refractivity contribution in [1.29, 1.82) is 0 Å². The van der Waals surface area contributed by atoms with Crippen LogP contribution in [0.3, 0.4) is 0 Å². The van der Waals surface area contributed by atoms with Crippen LogP contribution in [0.1, 0.15) is 367 Å². The summed E-state index contributed by atoms with van der Waals surface area (Å²) in [5.41, 5.74) is 0. The standard InChI is InChI=1S/C75H134O6/c1-4-7-10-13-16-19-22-25-28-31-33-35-36-37-38-40-41-44-47-50-53-56-59-62-65-68-74(77)80-71-72(70-79-73(76)67-64-61-58-55-52-49-46-43-30-27-24-21-18-15-12-9-6-3)81-75(78)69-66-63-60-57-54-51-48-45-42-39-34-32-29-26-23-20-17-14-11-8-5-2/h8,11,17-18,20-21,26-27,29-30,34,39,72H,4-7,9-10,12-16,19,22-25,28,31-33,35-38,40-71H2,1-3H3/b11-8-,20-17-,21-18-,29-26-,30-27-,39-34-. The third kappa shape index (κ3) is 67.5. The molecule has 470 valence electrons. The molecular weight excluding hydrogens is 997 g/mol. The molecule has 81 heavy (non-hydrogen) atoms.